The van der Waals surface area contributed by atoms with Crippen molar-refractivity contribution in [2.75, 3.05) is 5.73 Å². The lowest BCUT2D eigenvalue weighted by Gasteiger charge is -2.16. The van der Waals surface area contributed by atoms with Gasteiger partial charge in [-0.1, -0.05) is 0 Å². The van der Waals surface area contributed by atoms with Crippen LogP contribution in [0, 0.1) is 13.8 Å². The van der Waals surface area contributed by atoms with Gasteiger partial charge in [-0.05, 0) is 39.5 Å². The van der Waals surface area contributed by atoms with Crippen molar-refractivity contribution in [3.8, 4) is 11.6 Å². The van der Waals surface area contributed by atoms with Crippen LogP contribution in [0.3, 0.4) is 0 Å². The third-order valence-electron chi connectivity index (χ3n) is 3.24. The predicted molar refractivity (Wildman–Crippen MR) is 65.4 cm³/mol. The standard InChI is InChI=1S/C13H18N2O2/c1-7-8(2)15-13(17-10-5-6-10)11(14)12(7)16-9-3-4-9/h9-10H,3-6,14H2,1-2H3. The number of nitrogens with two attached hydrogens (primary N) is 1. The second-order valence-electron chi connectivity index (χ2n) is 5.00. The lowest BCUT2D eigenvalue weighted by molar-refractivity contribution is 0.280. The van der Waals surface area contributed by atoms with E-state index in [9.17, 15) is 0 Å². The lowest BCUT2D eigenvalue weighted by Crippen LogP contribution is -2.09. The number of pyridine rings is 1. The molecule has 3 rings (SSSR count). The molecule has 0 saturated heterocycles. The highest BCUT2D eigenvalue weighted by Gasteiger charge is 2.29. The van der Waals surface area contributed by atoms with E-state index >= 15 is 0 Å². The Morgan fingerprint density at radius 3 is 2.24 bits per heavy atom. The van der Waals surface area contributed by atoms with Crippen LogP contribution >= 0.6 is 0 Å². The first-order valence-corrected chi connectivity index (χ1v) is 6.25. The van der Waals surface area contributed by atoms with Gasteiger partial charge in [0, 0.05) is 11.3 Å². The smallest absolute Gasteiger partial charge is 0.241 e. The molecule has 2 fully saturated rings. The van der Waals surface area contributed by atoms with Gasteiger partial charge in [0.1, 0.15) is 11.8 Å². The molecule has 0 atom stereocenters. The fourth-order valence-electron chi connectivity index (χ4n) is 1.70. The van der Waals surface area contributed by atoms with Crippen LogP contribution in [-0.2, 0) is 0 Å². The van der Waals surface area contributed by atoms with Crippen molar-refractivity contribution in [2.45, 2.75) is 51.7 Å². The highest BCUT2D eigenvalue weighted by molar-refractivity contribution is 5.64. The molecule has 0 radical (unpaired) electrons. The summed E-state index contributed by atoms with van der Waals surface area (Å²) < 4.78 is 11.6. The minimum atomic E-state index is 0.306. The van der Waals surface area contributed by atoms with Crippen LogP contribution in [0.4, 0.5) is 5.69 Å². The van der Waals surface area contributed by atoms with E-state index in [2.05, 4.69) is 4.98 Å². The van der Waals surface area contributed by atoms with E-state index in [1.165, 1.54) is 0 Å². The summed E-state index contributed by atoms with van der Waals surface area (Å²) in [6.45, 7) is 3.96. The van der Waals surface area contributed by atoms with Gasteiger partial charge < -0.3 is 15.2 Å². The maximum absolute atomic E-state index is 6.09. The SMILES string of the molecule is Cc1nc(OC2CC2)c(N)c(OC2CC2)c1C. The molecule has 2 aliphatic rings. The topological polar surface area (TPSA) is 57.4 Å². The molecule has 0 spiro atoms. The monoisotopic (exact) mass is 234 g/mol. The van der Waals surface area contributed by atoms with Gasteiger partial charge in [-0.2, -0.15) is 0 Å². The molecule has 1 heterocycles. The van der Waals surface area contributed by atoms with Crippen LogP contribution < -0.4 is 15.2 Å². The van der Waals surface area contributed by atoms with E-state index < -0.39 is 0 Å². The van der Waals surface area contributed by atoms with Crippen molar-refractivity contribution in [1.29, 1.82) is 0 Å². The molecule has 1 aromatic rings. The Balaban J connectivity index is 1.94. The minimum Gasteiger partial charge on any atom is -0.488 e. The average molecular weight is 234 g/mol. The van der Waals surface area contributed by atoms with E-state index in [-0.39, 0.29) is 0 Å². The van der Waals surface area contributed by atoms with Crippen molar-refractivity contribution in [2.24, 2.45) is 0 Å². The van der Waals surface area contributed by atoms with E-state index in [1.54, 1.807) is 0 Å². The van der Waals surface area contributed by atoms with Gasteiger partial charge in [0.15, 0.2) is 5.75 Å². The molecule has 2 N–H and O–H groups in total. The van der Waals surface area contributed by atoms with Crippen LogP contribution in [0.15, 0.2) is 0 Å². The van der Waals surface area contributed by atoms with Gasteiger partial charge in [-0.3, -0.25) is 0 Å². The van der Waals surface area contributed by atoms with Crippen LogP contribution in [0.1, 0.15) is 36.9 Å². The normalized spacial score (nSPS) is 19.2. The molecule has 0 aromatic carbocycles. The Bertz CT molecular complexity index is 451. The Hall–Kier alpha value is -1.45. The molecule has 92 valence electrons. The summed E-state index contributed by atoms with van der Waals surface area (Å²) in [6, 6.07) is 0. The fraction of sp³-hybridized carbons (Fsp3) is 0.615. The number of ether oxygens (including phenoxy) is 2. The number of hydrogen-bond donors (Lipinski definition) is 1. The second-order valence-corrected chi connectivity index (χ2v) is 5.00. The maximum Gasteiger partial charge on any atom is 0.241 e. The fourth-order valence-corrected chi connectivity index (χ4v) is 1.70. The summed E-state index contributed by atoms with van der Waals surface area (Å²) in [5.74, 6) is 1.32. The molecule has 0 bridgehead atoms. The Morgan fingerprint density at radius 2 is 1.65 bits per heavy atom. The van der Waals surface area contributed by atoms with Crippen LogP contribution in [0.25, 0.3) is 0 Å². The van der Waals surface area contributed by atoms with Crippen molar-refractivity contribution in [3.05, 3.63) is 11.3 Å². The second kappa shape index (κ2) is 3.79. The summed E-state index contributed by atoms with van der Waals surface area (Å²) >= 11 is 0. The van der Waals surface area contributed by atoms with Crippen molar-refractivity contribution in [3.63, 3.8) is 0 Å². The van der Waals surface area contributed by atoms with Gasteiger partial charge in [-0.25, -0.2) is 4.98 Å². The summed E-state index contributed by atoms with van der Waals surface area (Å²) in [6.07, 6.45) is 5.10. The van der Waals surface area contributed by atoms with Crippen LogP contribution in [0.5, 0.6) is 11.6 Å². The van der Waals surface area contributed by atoms with Gasteiger partial charge in [0.2, 0.25) is 5.88 Å². The first-order valence-electron chi connectivity index (χ1n) is 6.25. The van der Waals surface area contributed by atoms with Gasteiger partial charge in [-0.15, -0.1) is 0 Å². The van der Waals surface area contributed by atoms with Crippen molar-refractivity contribution in [1.82, 2.24) is 4.98 Å². The molecule has 0 amide bonds. The van der Waals surface area contributed by atoms with Crippen LogP contribution in [-0.4, -0.2) is 17.2 Å². The molecule has 4 heteroatoms. The number of aromatic nitrogens is 1. The largest absolute Gasteiger partial charge is 0.488 e. The van der Waals surface area contributed by atoms with E-state index in [0.717, 1.165) is 42.7 Å². The van der Waals surface area contributed by atoms with Gasteiger partial charge in [0.05, 0.1) is 6.10 Å². The number of rotatable bonds is 4. The number of hydrogen-bond acceptors (Lipinski definition) is 4. The molecule has 0 aliphatic heterocycles. The number of nitrogen functional groups attached to an aromatic ring is 1. The summed E-state index contributed by atoms with van der Waals surface area (Å²) in [7, 11) is 0. The average Bonchev–Trinajstić information content (AvgIpc) is 3.15. The molecular weight excluding hydrogens is 216 g/mol. The molecule has 2 aliphatic carbocycles. The predicted octanol–water partition coefficient (Wildman–Crippen LogP) is 2.36. The Morgan fingerprint density at radius 1 is 1.06 bits per heavy atom. The van der Waals surface area contributed by atoms with E-state index in [1.807, 2.05) is 13.8 Å². The van der Waals surface area contributed by atoms with E-state index in [0.29, 0.717) is 23.8 Å². The molecule has 0 unspecified atom stereocenters. The van der Waals surface area contributed by atoms with Gasteiger partial charge in [0.25, 0.3) is 0 Å². The summed E-state index contributed by atoms with van der Waals surface area (Å²) in [5, 5.41) is 0. The number of anilines is 1. The quantitative estimate of drug-likeness (QED) is 0.868. The van der Waals surface area contributed by atoms with Crippen molar-refractivity contribution >= 4 is 5.69 Å². The molecule has 17 heavy (non-hydrogen) atoms. The van der Waals surface area contributed by atoms with Crippen LogP contribution in [0.2, 0.25) is 0 Å². The van der Waals surface area contributed by atoms with Gasteiger partial charge >= 0.3 is 0 Å². The summed E-state index contributed by atoms with van der Waals surface area (Å²) in [4.78, 5) is 4.41. The molecule has 2 saturated carbocycles. The Kier molecular flexibility index (Phi) is 2.38. The minimum absolute atomic E-state index is 0.306. The highest BCUT2D eigenvalue weighted by Crippen LogP contribution is 2.40. The number of nitrogens with zero attached hydrogens (tertiary/aromatic N) is 1. The maximum atomic E-state index is 6.09. The third-order valence-corrected chi connectivity index (χ3v) is 3.24. The zero-order chi connectivity index (χ0) is 12.0. The molecule has 1 aromatic heterocycles. The highest BCUT2D eigenvalue weighted by atomic mass is 16.5. The third kappa shape index (κ3) is 2.16. The summed E-state index contributed by atoms with van der Waals surface area (Å²) in [5.41, 5.74) is 8.62. The number of aryl methyl sites for hydroxylation is 1. The first-order chi connectivity index (χ1) is 8.15. The van der Waals surface area contributed by atoms with E-state index in [4.69, 9.17) is 15.2 Å². The first kappa shape index (κ1) is 10.7. The molecular formula is C13H18N2O2. The zero-order valence-electron chi connectivity index (χ0n) is 10.3. The zero-order valence-corrected chi connectivity index (χ0v) is 10.3. The molecule has 4 nitrogen and oxygen atoms in total. The van der Waals surface area contributed by atoms with Crippen molar-refractivity contribution < 1.29 is 9.47 Å². The Labute approximate surface area is 101 Å². The lowest BCUT2D eigenvalue weighted by atomic mass is 10.2.